The number of ether oxygens (including phenoxy) is 2. The van der Waals surface area contributed by atoms with Gasteiger partial charge >= 0.3 is 36.0 Å². The monoisotopic (exact) mass is 628 g/mol. The molecule has 0 spiro atoms. The summed E-state index contributed by atoms with van der Waals surface area (Å²) in [5, 5.41) is -4.04. The molecule has 228 valence electrons. The standard InChI is InChI=1S/C22H18F10N2O6S/c1-39-13-7-3-11(4-8-13)15(33-17(35)19(23,24)21(27,28)29)41(37,38)16(12-5-9-14(40-2)10-6-12)34-18(36)20(25,26)22(30,31)32/h3-10,15-16H,1-2H3,(H,33,35)(H,34,36). The van der Waals surface area contributed by atoms with Crippen molar-refractivity contribution < 1.29 is 71.4 Å². The van der Waals surface area contributed by atoms with Gasteiger partial charge in [-0.05, 0) is 35.4 Å². The zero-order valence-electron chi connectivity index (χ0n) is 20.4. The van der Waals surface area contributed by atoms with Gasteiger partial charge in [-0.25, -0.2) is 8.42 Å². The maximum atomic E-state index is 13.8. The third-order valence-electron chi connectivity index (χ3n) is 5.30. The molecular formula is C22H18F10N2O6S. The van der Waals surface area contributed by atoms with E-state index in [2.05, 4.69) is 0 Å². The minimum atomic E-state index is -6.52. The van der Waals surface area contributed by atoms with Gasteiger partial charge < -0.3 is 20.1 Å². The minimum Gasteiger partial charge on any atom is -0.497 e. The highest BCUT2D eigenvalue weighted by molar-refractivity contribution is 7.91. The van der Waals surface area contributed by atoms with Crippen molar-refractivity contribution in [2.45, 2.75) is 34.9 Å². The summed E-state index contributed by atoms with van der Waals surface area (Å²) in [4.78, 5) is 24.0. The summed E-state index contributed by atoms with van der Waals surface area (Å²) in [6, 6.07) is 6.87. The van der Waals surface area contributed by atoms with Crippen molar-refractivity contribution in [3.63, 3.8) is 0 Å². The van der Waals surface area contributed by atoms with E-state index in [4.69, 9.17) is 9.47 Å². The van der Waals surface area contributed by atoms with Crippen LogP contribution in [0, 0.1) is 0 Å². The quantitative estimate of drug-likeness (QED) is 0.377. The lowest BCUT2D eigenvalue weighted by Gasteiger charge is -2.29. The number of carbonyl (C=O) groups is 2. The fraction of sp³-hybridized carbons (Fsp3) is 0.364. The van der Waals surface area contributed by atoms with Gasteiger partial charge in [-0.15, -0.1) is 0 Å². The molecule has 2 atom stereocenters. The van der Waals surface area contributed by atoms with Crippen LogP contribution in [0.2, 0.25) is 0 Å². The lowest BCUT2D eigenvalue weighted by Crippen LogP contribution is -2.55. The Kier molecular flexibility index (Phi) is 9.47. The van der Waals surface area contributed by atoms with E-state index in [9.17, 15) is 61.9 Å². The molecule has 0 heterocycles. The van der Waals surface area contributed by atoms with E-state index in [1.807, 2.05) is 0 Å². The summed E-state index contributed by atoms with van der Waals surface area (Å²) in [6.45, 7) is 0. The number of sulfone groups is 1. The Morgan fingerprint density at radius 3 is 1.10 bits per heavy atom. The van der Waals surface area contributed by atoms with Gasteiger partial charge in [0.15, 0.2) is 10.7 Å². The van der Waals surface area contributed by atoms with Crippen molar-refractivity contribution >= 4 is 21.7 Å². The number of halogens is 10. The third kappa shape index (κ3) is 6.94. The SMILES string of the molecule is COc1ccc(C(NC(=O)C(F)(F)C(F)(F)F)S(=O)(=O)C(NC(=O)C(F)(F)C(F)(F)F)c2ccc(OC)cc2)cc1. The van der Waals surface area contributed by atoms with Gasteiger partial charge in [0.05, 0.1) is 14.2 Å². The van der Waals surface area contributed by atoms with E-state index >= 15 is 0 Å². The molecule has 2 aromatic rings. The number of methoxy groups -OCH3 is 2. The van der Waals surface area contributed by atoms with Gasteiger partial charge in [0.25, 0.3) is 0 Å². The Morgan fingerprint density at radius 1 is 0.610 bits per heavy atom. The second kappa shape index (κ2) is 11.6. The Morgan fingerprint density at radius 2 is 0.878 bits per heavy atom. The van der Waals surface area contributed by atoms with Crippen LogP contribution >= 0.6 is 0 Å². The number of carbonyl (C=O) groups excluding carboxylic acids is 2. The van der Waals surface area contributed by atoms with Crippen molar-refractivity contribution in [1.82, 2.24) is 10.6 Å². The maximum Gasteiger partial charge on any atom is 0.463 e. The van der Waals surface area contributed by atoms with Crippen LogP contribution in [0.3, 0.4) is 0 Å². The molecule has 2 N–H and O–H groups in total. The van der Waals surface area contributed by atoms with Crippen molar-refractivity contribution in [2.24, 2.45) is 0 Å². The summed E-state index contributed by atoms with van der Waals surface area (Å²) in [5.74, 6) is -18.8. The molecule has 0 aliphatic rings. The molecular weight excluding hydrogens is 610 g/mol. The van der Waals surface area contributed by atoms with Crippen LogP contribution in [-0.2, 0) is 19.4 Å². The zero-order valence-corrected chi connectivity index (χ0v) is 21.2. The smallest absolute Gasteiger partial charge is 0.463 e. The van der Waals surface area contributed by atoms with E-state index in [1.165, 1.54) is 0 Å². The fourth-order valence-corrected chi connectivity index (χ4v) is 4.97. The molecule has 0 saturated heterocycles. The maximum absolute atomic E-state index is 13.8. The number of benzene rings is 2. The average Bonchev–Trinajstić information content (AvgIpc) is 2.88. The molecule has 41 heavy (non-hydrogen) atoms. The van der Waals surface area contributed by atoms with Crippen molar-refractivity contribution in [3.8, 4) is 11.5 Å². The largest absolute Gasteiger partial charge is 0.497 e. The highest BCUT2D eigenvalue weighted by atomic mass is 32.2. The molecule has 0 aliphatic heterocycles. The molecule has 2 amide bonds. The predicted molar refractivity (Wildman–Crippen MR) is 119 cm³/mol. The van der Waals surface area contributed by atoms with Gasteiger partial charge in [-0.2, -0.15) is 43.9 Å². The summed E-state index contributed by atoms with van der Waals surface area (Å²) in [5.41, 5.74) is -1.54. The second-order valence-electron chi connectivity index (χ2n) is 7.99. The first-order chi connectivity index (χ1) is 18.6. The van der Waals surface area contributed by atoms with Gasteiger partial charge in [0, 0.05) is 0 Å². The predicted octanol–water partition coefficient (Wildman–Crippen LogP) is 4.44. The molecule has 0 saturated carbocycles. The van der Waals surface area contributed by atoms with Crippen LogP contribution < -0.4 is 20.1 Å². The molecule has 2 unspecified atom stereocenters. The molecule has 0 aromatic heterocycles. The van der Waals surface area contributed by atoms with E-state index in [0.717, 1.165) is 73.4 Å². The normalized spacial score (nSPS) is 14.5. The van der Waals surface area contributed by atoms with Crippen LogP contribution in [0.5, 0.6) is 11.5 Å². The topological polar surface area (TPSA) is 111 Å². The number of rotatable bonds is 10. The molecule has 2 aromatic carbocycles. The first-order valence-electron chi connectivity index (χ1n) is 10.6. The summed E-state index contributed by atoms with van der Waals surface area (Å²) in [6.07, 6.45) is -13.0. The van der Waals surface area contributed by atoms with Crippen molar-refractivity contribution in [3.05, 3.63) is 59.7 Å². The first-order valence-corrected chi connectivity index (χ1v) is 12.2. The second-order valence-corrected chi connectivity index (χ2v) is 10.1. The molecule has 2 rings (SSSR count). The van der Waals surface area contributed by atoms with Gasteiger partial charge in [0.2, 0.25) is 9.84 Å². The van der Waals surface area contributed by atoms with Crippen molar-refractivity contribution in [1.29, 1.82) is 0 Å². The van der Waals surface area contributed by atoms with E-state index in [0.29, 0.717) is 0 Å². The number of amides is 2. The van der Waals surface area contributed by atoms with Crippen LogP contribution in [0.1, 0.15) is 21.9 Å². The molecule has 0 fully saturated rings. The Hall–Kier alpha value is -3.77. The first kappa shape index (κ1) is 33.4. The third-order valence-corrected chi connectivity index (χ3v) is 7.40. The number of alkyl halides is 10. The molecule has 0 radical (unpaired) electrons. The Bertz CT molecular complexity index is 1250. The van der Waals surface area contributed by atoms with Crippen LogP contribution in [0.25, 0.3) is 0 Å². The van der Waals surface area contributed by atoms with Gasteiger partial charge in [-0.3, -0.25) is 9.59 Å². The Labute approximate surface area is 224 Å². The molecule has 8 nitrogen and oxygen atoms in total. The number of hydrogen-bond donors (Lipinski definition) is 2. The Balaban J connectivity index is 2.76. The number of nitrogens with one attached hydrogen (secondary N) is 2. The van der Waals surface area contributed by atoms with Crippen LogP contribution in [0.4, 0.5) is 43.9 Å². The average molecular weight is 628 g/mol. The highest BCUT2D eigenvalue weighted by Gasteiger charge is 2.65. The van der Waals surface area contributed by atoms with E-state index in [-0.39, 0.29) is 11.5 Å². The number of hydrogen-bond acceptors (Lipinski definition) is 6. The van der Waals surface area contributed by atoms with E-state index < -0.39 is 67.7 Å². The summed E-state index contributed by atoms with van der Waals surface area (Å²) < 4.78 is 169. The van der Waals surface area contributed by atoms with Crippen molar-refractivity contribution in [2.75, 3.05) is 14.2 Å². The lowest BCUT2D eigenvalue weighted by molar-refractivity contribution is -0.270. The molecule has 19 heteroatoms. The highest BCUT2D eigenvalue weighted by Crippen LogP contribution is 2.40. The van der Waals surface area contributed by atoms with Gasteiger partial charge in [-0.1, -0.05) is 24.3 Å². The summed E-state index contributed by atoms with van der Waals surface area (Å²) in [7, 11) is -3.50. The lowest BCUT2D eigenvalue weighted by atomic mass is 10.2. The summed E-state index contributed by atoms with van der Waals surface area (Å²) >= 11 is 0. The zero-order chi connectivity index (χ0) is 31.6. The van der Waals surface area contributed by atoms with Crippen LogP contribution in [0.15, 0.2) is 48.5 Å². The molecule has 0 aliphatic carbocycles. The fourth-order valence-electron chi connectivity index (χ4n) is 3.08. The van der Waals surface area contributed by atoms with E-state index in [1.54, 1.807) is 0 Å². The van der Waals surface area contributed by atoms with Gasteiger partial charge in [0.1, 0.15) is 11.5 Å². The minimum absolute atomic E-state index is 0.0123. The molecule has 0 bridgehead atoms. The van der Waals surface area contributed by atoms with Crippen LogP contribution in [-0.4, -0.2) is 58.6 Å².